The topological polar surface area (TPSA) is 58.1 Å². The highest BCUT2D eigenvalue weighted by Gasteiger charge is 2.27. The summed E-state index contributed by atoms with van der Waals surface area (Å²) in [5, 5.41) is 3.11. The summed E-state index contributed by atoms with van der Waals surface area (Å²) in [5.41, 5.74) is 1.10. The molecule has 1 fully saturated rings. The first-order chi connectivity index (χ1) is 9.50. The van der Waals surface area contributed by atoms with E-state index in [-0.39, 0.29) is 11.3 Å². The van der Waals surface area contributed by atoms with Crippen LogP contribution in [0.4, 0.5) is 5.82 Å². The summed E-state index contributed by atoms with van der Waals surface area (Å²) < 4.78 is 0. The van der Waals surface area contributed by atoms with Gasteiger partial charge < -0.3 is 10.2 Å². The van der Waals surface area contributed by atoms with Gasteiger partial charge in [-0.15, -0.1) is 0 Å². The standard InChI is InChI=1S/C15H24N4O/c1-4-16-13-10-17-12(9-18-13)11-19-8-7-15(2,3)6-5-14(19)20/h9-10H,4-8,11H2,1-3H3,(H,16,18). The van der Waals surface area contributed by atoms with Crippen LogP contribution in [0.25, 0.3) is 0 Å². The number of nitrogens with one attached hydrogen (secondary N) is 1. The van der Waals surface area contributed by atoms with E-state index in [0.29, 0.717) is 13.0 Å². The van der Waals surface area contributed by atoms with Gasteiger partial charge in [0.1, 0.15) is 5.82 Å². The van der Waals surface area contributed by atoms with Crippen molar-refractivity contribution in [2.45, 2.75) is 46.6 Å². The van der Waals surface area contributed by atoms with Gasteiger partial charge in [0.25, 0.3) is 0 Å². The largest absolute Gasteiger partial charge is 0.369 e. The SMILES string of the molecule is CCNc1cnc(CN2CCC(C)(C)CCC2=O)cn1. The summed E-state index contributed by atoms with van der Waals surface area (Å²) in [6.07, 6.45) is 6.12. The summed E-state index contributed by atoms with van der Waals surface area (Å²) in [5.74, 6) is 1.01. The van der Waals surface area contributed by atoms with E-state index >= 15 is 0 Å². The number of carbonyl (C=O) groups is 1. The minimum atomic E-state index is 0.230. The Balaban J connectivity index is 1.99. The van der Waals surface area contributed by atoms with Crippen molar-refractivity contribution < 1.29 is 4.79 Å². The number of aromatic nitrogens is 2. The molecule has 1 saturated heterocycles. The van der Waals surface area contributed by atoms with Crippen LogP contribution in [0.15, 0.2) is 12.4 Å². The maximum atomic E-state index is 12.1. The van der Waals surface area contributed by atoms with E-state index in [1.165, 1.54) is 0 Å². The smallest absolute Gasteiger partial charge is 0.222 e. The van der Waals surface area contributed by atoms with Gasteiger partial charge in [0, 0.05) is 19.5 Å². The van der Waals surface area contributed by atoms with Crippen LogP contribution >= 0.6 is 0 Å². The van der Waals surface area contributed by atoms with Gasteiger partial charge in [0.05, 0.1) is 24.6 Å². The van der Waals surface area contributed by atoms with E-state index in [4.69, 9.17) is 0 Å². The average Bonchev–Trinajstić information content (AvgIpc) is 2.54. The van der Waals surface area contributed by atoms with Crippen LogP contribution < -0.4 is 5.32 Å². The zero-order chi connectivity index (χ0) is 14.6. The molecule has 0 spiro atoms. The van der Waals surface area contributed by atoms with Crippen molar-refractivity contribution in [3.8, 4) is 0 Å². The van der Waals surface area contributed by atoms with Crippen LogP contribution in [0.2, 0.25) is 0 Å². The van der Waals surface area contributed by atoms with Gasteiger partial charge in [-0.25, -0.2) is 4.98 Å². The first-order valence-electron chi connectivity index (χ1n) is 7.33. The number of rotatable bonds is 4. The minimum Gasteiger partial charge on any atom is -0.369 e. The van der Waals surface area contributed by atoms with Crippen LogP contribution in [0, 0.1) is 5.41 Å². The highest BCUT2D eigenvalue weighted by atomic mass is 16.2. The first kappa shape index (κ1) is 14.8. The van der Waals surface area contributed by atoms with Gasteiger partial charge in [-0.3, -0.25) is 9.78 Å². The molecule has 0 aromatic carbocycles. The van der Waals surface area contributed by atoms with Crippen molar-refractivity contribution in [1.29, 1.82) is 0 Å². The second kappa shape index (κ2) is 6.20. The molecule has 1 aliphatic heterocycles. The predicted molar refractivity (Wildman–Crippen MR) is 79.2 cm³/mol. The van der Waals surface area contributed by atoms with E-state index in [1.54, 1.807) is 12.4 Å². The van der Waals surface area contributed by atoms with E-state index in [1.807, 2.05) is 11.8 Å². The summed E-state index contributed by atoms with van der Waals surface area (Å²) >= 11 is 0. The van der Waals surface area contributed by atoms with Gasteiger partial charge in [-0.05, 0) is 25.2 Å². The van der Waals surface area contributed by atoms with E-state index < -0.39 is 0 Å². The lowest BCUT2D eigenvalue weighted by molar-refractivity contribution is -0.131. The normalized spacial score (nSPS) is 18.8. The average molecular weight is 276 g/mol. The molecule has 0 bridgehead atoms. The minimum absolute atomic E-state index is 0.230. The van der Waals surface area contributed by atoms with Gasteiger partial charge >= 0.3 is 0 Å². The number of carbonyl (C=O) groups excluding carboxylic acids is 1. The highest BCUT2D eigenvalue weighted by Crippen LogP contribution is 2.30. The molecule has 0 atom stereocenters. The second-order valence-electron chi connectivity index (χ2n) is 6.15. The Labute approximate surface area is 120 Å². The zero-order valence-corrected chi connectivity index (χ0v) is 12.6. The molecule has 0 unspecified atom stereocenters. The Morgan fingerprint density at radius 2 is 2.10 bits per heavy atom. The van der Waals surface area contributed by atoms with Crippen molar-refractivity contribution in [2.24, 2.45) is 5.41 Å². The van der Waals surface area contributed by atoms with Gasteiger partial charge in [0.15, 0.2) is 0 Å². The van der Waals surface area contributed by atoms with Gasteiger partial charge in [0.2, 0.25) is 5.91 Å². The number of nitrogens with zero attached hydrogens (tertiary/aromatic N) is 3. The number of likely N-dealkylation sites (tertiary alicyclic amines) is 1. The molecule has 1 aliphatic rings. The molecule has 5 heteroatoms. The maximum absolute atomic E-state index is 12.1. The van der Waals surface area contributed by atoms with Gasteiger partial charge in [-0.1, -0.05) is 13.8 Å². The summed E-state index contributed by atoms with van der Waals surface area (Å²) in [6.45, 7) is 8.68. The van der Waals surface area contributed by atoms with E-state index in [9.17, 15) is 4.79 Å². The second-order valence-corrected chi connectivity index (χ2v) is 6.15. The number of anilines is 1. The van der Waals surface area contributed by atoms with Crippen molar-refractivity contribution in [2.75, 3.05) is 18.4 Å². The monoisotopic (exact) mass is 276 g/mol. The van der Waals surface area contributed by atoms with Crippen LogP contribution in [-0.4, -0.2) is 33.9 Å². The van der Waals surface area contributed by atoms with Crippen LogP contribution in [0.3, 0.4) is 0 Å². The molecular weight excluding hydrogens is 252 g/mol. The zero-order valence-electron chi connectivity index (χ0n) is 12.6. The fourth-order valence-corrected chi connectivity index (χ4v) is 2.36. The third-order valence-electron chi connectivity index (χ3n) is 3.84. The van der Waals surface area contributed by atoms with Crippen molar-refractivity contribution >= 4 is 11.7 Å². The van der Waals surface area contributed by atoms with E-state index in [2.05, 4.69) is 29.1 Å². The lowest BCUT2D eigenvalue weighted by Gasteiger charge is -2.23. The summed E-state index contributed by atoms with van der Waals surface area (Å²) in [6, 6.07) is 0. The van der Waals surface area contributed by atoms with Crippen molar-refractivity contribution in [1.82, 2.24) is 14.9 Å². The number of hydrogen-bond acceptors (Lipinski definition) is 4. The fourth-order valence-electron chi connectivity index (χ4n) is 2.36. The molecule has 2 rings (SSSR count). The number of hydrogen-bond donors (Lipinski definition) is 1. The Kier molecular flexibility index (Phi) is 4.57. The summed E-state index contributed by atoms with van der Waals surface area (Å²) in [7, 11) is 0. The Bertz CT molecular complexity index is 455. The highest BCUT2D eigenvalue weighted by molar-refractivity contribution is 5.76. The molecular formula is C15H24N4O. The van der Waals surface area contributed by atoms with Crippen LogP contribution in [0.5, 0.6) is 0 Å². The fraction of sp³-hybridized carbons (Fsp3) is 0.667. The number of amides is 1. The molecule has 2 heterocycles. The first-order valence-corrected chi connectivity index (χ1v) is 7.33. The quantitative estimate of drug-likeness (QED) is 0.917. The van der Waals surface area contributed by atoms with Crippen molar-refractivity contribution in [3.05, 3.63) is 18.1 Å². The maximum Gasteiger partial charge on any atom is 0.222 e. The molecule has 20 heavy (non-hydrogen) atoms. The third-order valence-corrected chi connectivity index (χ3v) is 3.84. The molecule has 0 aliphatic carbocycles. The Morgan fingerprint density at radius 3 is 2.75 bits per heavy atom. The molecule has 1 aromatic heterocycles. The van der Waals surface area contributed by atoms with E-state index in [0.717, 1.165) is 37.4 Å². The summed E-state index contributed by atoms with van der Waals surface area (Å²) in [4.78, 5) is 22.7. The molecule has 1 aromatic rings. The molecule has 0 radical (unpaired) electrons. The Hall–Kier alpha value is -1.65. The van der Waals surface area contributed by atoms with Crippen LogP contribution in [-0.2, 0) is 11.3 Å². The molecule has 110 valence electrons. The Morgan fingerprint density at radius 1 is 1.30 bits per heavy atom. The lowest BCUT2D eigenvalue weighted by atomic mass is 9.85. The third kappa shape index (κ3) is 3.92. The molecule has 1 amide bonds. The van der Waals surface area contributed by atoms with Crippen LogP contribution in [0.1, 0.15) is 45.7 Å². The predicted octanol–water partition coefficient (Wildman–Crippen LogP) is 2.45. The van der Waals surface area contributed by atoms with Crippen molar-refractivity contribution in [3.63, 3.8) is 0 Å². The lowest BCUT2D eigenvalue weighted by Crippen LogP contribution is -2.30. The molecule has 1 N–H and O–H groups in total. The molecule has 0 saturated carbocycles. The molecule has 5 nitrogen and oxygen atoms in total. The van der Waals surface area contributed by atoms with Gasteiger partial charge in [-0.2, -0.15) is 0 Å².